The molecule has 700 valence electrons. The van der Waals surface area contributed by atoms with Gasteiger partial charge in [0.15, 0.2) is 0 Å². The average Bonchev–Trinajstić information content (AvgIpc) is 1.57. The van der Waals surface area contributed by atoms with Gasteiger partial charge in [-0.3, -0.25) is 24.1 Å². The number of carbonyl (C=O) groups excluding carboxylic acids is 4. The van der Waals surface area contributed by atoms with Crippen LogP contribution >= 0.6 is 0 Å². The summed E-state index contributed by atoms with van der Waals surface area (Å²) in [5, 5.41) is 70.4. The standard InChI is InChI=1S/C20H26N2O2.C19H26N2O.C18H24N2O2.C18H23NO2.C17H22N2O2.C17H21NO3/c21-18(23)15-5-4-14-11-17-20(24)7-1-6-19(20,16(14)10-15)8-9-22(17)12-13-2-3-13;1-20-18(22)14-7-6-13-12-17-15-5-3-4-8-19(15,16(13)11-14)9-10-21(17)2;1-19-16(21)13-5-4-12-11-15-18(22)7-3-6-17(18,14(12)10-13)8-9-20(15)2;1-19-9-8-18-7-3-2-4-14(18)16(19)11-12-5-6-13(17(20)21)10-15(12)18;1-19-8-7-16-5-2-6-17(16,21)14(19)10-11-3-4-12(15(18)20)9-13(11)16;1-18-8-7-16-5-2-6-17(16,21)14(18)10-11-3-4-12(15(19)20)9-13(11)16/h4-5,10,13,17,24H,1-3,6-9,11-12H2,(H2,21,23);6-7,11,15,17H,3-5,8-10,12H2,1-2H3,(H,20,22);4-5,10,15,22H,3,6-9,11H2,1-2H3,(H,19,21);5-6,10,14,16H,2-4,7-9,11H2,1H3,(H,20,21);3-4,9,14,21H,2,5-8,10H2,1H3,(H2,18,20);3-4,9,14,21H,2,5-8,10H2,1H3,(H,19,20). The summed E-state index contributed by atoms with van der Waals surface area (Å²) in [6, 6.07) is 37.8. The zero-order valence-corrected chi connectivity index (χ0v) is 78.6. The lowest BCUT2D eigenvalue weighted by Gasteiger charge is -2.59. The maximum absolute atomic E-state index is 12.1. The van der Waals surface area contributed by atoms with Crippen molar-refractivity contribution in [2.75, 3.05) is 95.1 Å². The molecule has 0 spiro atoms. The minimum Gasteiger partial charge on any atom is -0.478 e. The number of carboxylic acid groups (broad SMARTS) is 2. The van der Waals surface area contributed by atoms with Crippen LogP contribution in [0.15, 0.2) is 109 Å². The van der Waals surface area contributed by atoms with Gasteiger partial charge in [0, 0.05) is 112 Å². The number of aliphatic hydroxyl groups is 4. The Hall–Kier alpha value is -8.26. The number of fused-ring (bicyclic) bond motifs is 6. The van der Waals surface area contributed by atoms with Crippen LogP contribution in [0.1, 0.15) is 309 Å². The number of hydrogen-bond acceptors (Lipinski definition) is 16. The van der Waals surface area contributed by atoms with Crippen molar-refractivity contribution in [3.63, 3.8) is 0 Å². The molecule has 12 bridgehead atoms. The number of benzene rings is 6. The van der Waals surface area contributed by atoms with Crippen LogP contribution in [0.4, 0.5) is 0 Å². The topological polar surface area (TPSA) is 319 Å². The largest absolute Gasteiger partial charge is 0.478 e. The van der Waals surface area contributed by atoms with Crippen molar-refractivity contribution in [3.05, 3.63) is 209 Å². The molecule has 6 aromatic rings. The van der Waals surface area contributed by atoms with E-state index < -0.39 is 34.3 Å². The Morgan fingerprint density at radius 3 is 0.977 bits per heavy atom. The van der Waals surface area contributed by atoms with Crippen LogP contribution in [0.5, 0.6) is 0 Å². The molecule has 0 aromatic heterocycles. The fourth-order valence-electron chi connectivity index (χ4n) is 32.5. The quantitative estimate of drug-likeness (QED) is 0.0677. The van der Waals surface area contributed by atoms with E-state index in [1.165, 1.54) is 145 Å². The van der Waals surface area contributed by atoms with Gasteiger partial charge in [-0.25, -0.2) is 9.59 Å². The number of carbonyl (C=O) groups is 6. The molecule has 0 radical (unpaired) electrons. The van der Waals surface area contributed by atoms with E-state index in [0.29, 0.717) is 45.3 Å². The number of likely N-dealkylation sites (tertiary alicyclic amines) is 6. The smallest absolute Gasteiger partial charge is 0.335 e. The molecule has 22 heteroatoms. The van der Waals surface area contributed by atoms with Crippen LogP contribution in [0, 0.1) is 17.8 Å². The van der Waals surface area contributed by atoms with E-state index in [-0.39, 0.29) is 74.9 Å². The lowest BCUT2D eigenvalue weighted by atomic mass is 9.52. The first-order chi connectivity index (χ1) is 62.8. The molecule has 6 aliphatic heterocycles. The Labute approximate surface area is 773 Å². The normalized spacial score (nSPS) is 36.5. The Balaban J connectivity index is 0.0000000982. The molecule has 6 saturated heterocycles. The van der Waals surface area contributed by atoms with Crippen molar-refractivity contribution in [1.82, 2.24) is 40.0 Å². The second-order valence-corrected chi connectivity index (χ2v) is 44.4. The molecular weight excluding hydrogens is 1640 g/mol. The summed E-state index contributed by atoms with van der Waals surface area (Å²) in [6.07, 6.45) is 37.1. The fraction of sp³-hybridized carbons (Fsp3) is 0.615. The predicted molar refractivity (Wildman–Crippen MR) is 506 cm³/mol. The second kappa shape index (κ2) is 33.6. The number of nitrogens with two attached hydrogens (primary N) is 2. The maximum Gasteiger partial charge on any atom is 0.335 e. The monoisotopic (exact) mass is 1780 g/mol. The van der Waals surface area contributed by atoms with E-state index in [0.717, 1.165) is 209 Å². The van der Waals surface area contributed by atoms with Crippen molar-refractivity contribution in [1.29, 1.82) is 0 Å². The highest BCUT2D eigenvalue weighted by molar-refractivity contribution is 5.96. The van der Waals surface area contributed by atoms with Crippen molar-refractivity contribution >= 4 is 35.6 Å². The third-order valence-electron chi connectivity index (χ3n) is 39.3. The highest BCUT2D eigenvalue weighted by Gasteiger charge is 2.69. The molecule has 12 N–H and O–H groups in total. The maximum atomic E-state index is 12.1. The first-order valence-electron chi connectivity index (χ1n) is 50.2. The highest BCUT2D eigenvalue weighted by Crippen LogP contribution is 2.66. The number of piperidine rings is 6. The highest BCUT2D eigenvalue weighted by atomic mass is 16.4. The van der Waals surface area contributed by atoms with E-state index in [2.05, 4.69) is 106 Å². The lowest BCUT2D eigenvalue weighted by molar-refractivity contribution is -0.130. The fourth-order valence-corrected chi connectivity index (χ4v) is 32.5. The van der Waals surface area contributed by atoms with Crippen LogP contribution in [-0.4, -0.2) is 249 Å². The summed E-state index contributed by atoms with van der Waals surface area (Å²) in [7, 11) is 14.3. The van der Waals surface area contributed by atoms with E-state index in [9.17, 15) is 59.4 Å². The van der Waals surface area contributed by atoms with Gasteiger partial charge in [-0.05, 0) is 424 Å². The number of aromatic carboxylic acids is 2. The zero-order chi connectivity index (χ0) is 91.7. The molecule has 22 nitrogen and oxygen atoms in total. The predicted octanol–water partition coefficient (Wildman–Crippen LogP) is 12.2. The summed E-state index contributed by atoms with van der Waals surface area (Å²) in [6.45, 7) is 7.58. The van der Waals surface area contributed by atoms with Gasteiger partial charge in [0.2, 0.25) is 11.8 Å². The molecule has 19 aliphatic rings. The third kappa shape index (κ3) is 14.0. The van der Waals surface area contributed by atoms with Gasteiger partial charge in [-0.2, -0.15) is 0 Å². The molecule has 18 unspecified atom stereocenters. The number of nitrogens with zero attached hydrogens (tertiary/aromatic N) is 6. The molecule has 13 aliphatic carbocycles. The van der Waals surface area contributed by atoms with Crippen LogP contribution in [0.3, 0.4) is 0 Å². The summed E-state index contributed by atoms with van der Waals surface area (Å²) in [5.74, 6) is -0.0790. The van der Waals surface area contributed by atoms with Gasteiger partial charge < -0.3 is 77.2 Å². The minimum atomic E-state index is -0.884. The first-order valence-corrected chi connectivity index (χ1v) is 50.2. The Morgan fingerprint density at radius 1 is 0.328 bits per heavy atom. The van der Waals surface area contributed by atoms with Crippen LogP contribution in [0.2, 0.25) is 0 Å². The van der Waals surface area contributed by atoms with Crippen LogP contribution in [0.25, 0.3) is 0 Å². The van der Waals surface area contributed by atoms with Gasteiger partial charge in [0.25, 0.3) is 11.8 Å². The second-order valence-electron chi connectivity index (χ2n) is 44.4. The third-order valence-corrected chi connectivity index (χ3v) is 39.3. The summed E-state index contributed by atoms with van der Waals surface area (Å²) in [5.41, 5.74) is 27.4. The van der Waals surface area contributed by atoms with E-state index in [1.807, 2.05) is 66.7 Å². The summed E-state index contributed by atoms with van der Waals surface area (Å²) in [4.78, 5) is 84.6. The molecule has 6 heterocycles. The first kappa shape index (κ1) is 90.5. The Kier molecular flexibility index (Phi) is 23.2. The minimum absolute atomic E-state index is 0.0432. The van der Waals surface area contributed by atoms with Crippen molar-refractivity contribution < 1.29 is 59.4 Å². The number of hydrogen-bond donors (Lipinski definition) is 10. The van der Waals surface area contributed by atoms with Gasteiger partial charge >= 0.3 is 11.9 Å². The summed E-state index contributed by atoms with van der Waals surface area (Å²) < 4.78 is 0. The van der Waals surface area contributed by atoms with E-state index >= 15 is 0 Å². The van der Waals surface area contributed by atoms with Crippen molar-refractivity contribution in [2.45, 2.75) is 309 Å². The van der Waals surface area contributed by atoms with E-state index in [4.69, 9.17) is 11.5 Å². The average molecular weight is 1780 g/mol. The van der Waals surface area contributed by atoms with Crippen molar-refractivity contribution in [3.8, 4) is 0 Å². The number of nitrogens with one attached hydrogen (secondary N) is 2. The molecule has 18 atom stereocenters. The molecule has 131 heavy (non-hydrogen) atoms. The Bertz CT molecular complexity index is 5430. The van der Waals surface area contributed by atoms with Gasteiger partial charge in [-0.15, -0.1) is 0 Å². The Morgan fingerprint density at radius 2 is 0.626 bits per heavy atom. The number of amides is 4. The van der Waals surface area contributed by atoms with Gasteiger partial charge in [0.05, 0.1) is 33.5 Å². The van der Waals surface area contributed by atoms with Gasteiger partial charge in [0.1, 0.15) is 0 Å². The number of likely N-dealkylation sites (N-methyl/N-ethyl adjacent to an activating group) is 5. The molecule has 6 aromatic carbocycles. The van der Waals surface area contributed by atoms with Gasteiger partial charge in [-0.1, -0.05) is 62.1 Å². The molecule has 13 fully saturated rings. The number of rotatable bonds is 8. The molecule has 7 saturated carbocycles. The lowest BCUT2D eigenvalue weighted by Crippen LogP contribution is -2.69. The van der Waals surface area contributed by atoms with E-state index in [1.54, 1.807) is 26.2 Å². The molecular formula is C109H142N10O12. The van der Waals surface area contributed by atoms with Crippen molar-refractivity contribution in [2.24, 2.45) is 29.2 Å². The SMILES string of the molecule is CN1CCC23CCCC2(O)C1Cc1ccc(C(=O)O)cc13.CN1CCC23CCCC2(O)C1Cc1ccc(C(N)=O)cc13.CN1CCC23CCCCC2C1Cc1ccc(C(=O)O)cc13.CNC(=O)c1ccc2c(c1)C13CCCC1(O)C(C2)N(C)CC3.CNC(=O)c1ccc2c(c1)C13CCCCC1C(C2)N(C)CC3.NC(=O)c1ccc2c(c1)C13CCCC1(O)C(C2)N(CC1CC1)CC3. The zero-order valence-electron chi connectivity index (χ0n) is 78.6. The molecule has 25 rings (SSSR count). The van der Waals surface area contributed by atoms with Crippen LogP contribution in [-0.2, 0) is 71.0 Å². The number of carboxylic acids is 2. The molecule has 4 amide bonds. The summed E-state index contributed by atoms with van der Waals surface area (Å²) >= 11 is 0. The van der Waals surface area contributed by atoms with Crippen LogP contribution < -0.4 is 22.1 Å². The number of primary amides is 2.